The highest BCUT2D eigenvalue weighted by molar-refractivity contribution is 7.16. The van der Waals surface area contributed by atoms with E-state index in [1.54, 1.807) is 10.9 Å². The van der Waals surface area contributed by atoms with Gasteiger partial charge in [0.15, 0.2) is 0 Å². The second-order valence-electron chi connectivity index (χ2n) is 8.60. The second kappa shape index (κ2) is 8.14. The number of thiophene rings is 1. The van der Waals surface area contributed by atoms with Crippen LogP contribution in [0.25, 0.3) is 0 Å². The highest BCUT2D eigenvalue weighted by atomic mass is 35.5. The molecule has 0 amide bonds. The van der Waals surface area contributed by atoms with Crippen molar-refractivity contribution in [2.45, 2.75) is 56.0 Å². The van der Waals surface area contributed by atoms with E-state index >= 15 is 0 Å². The molecule has 1 saturated heterocycles. The number of hydrogen-bond acceptors (Lipinski definition) is 6. The third-order valence-electron chi connectivity index (χ3n) is 6.15. The summed E-state index contributed by atoms with van der Waals surface area (Å²) in [5.41, 5.74) is 0.603. The highest BCUT2D eigenvalue weighted by Crippen LogP contribution is 2.54. The molecule has 170 valence electrons. The van der Waals surface area contributed by atoms with Gasteiger partial charge in [0, 0.05) is 22.9 Å². The monoisotopic (exact) mass is 480 g/mol. The SMILES string of the molecule is C[C@H]1C[C@@]2(C[C@@H](c3cn(CC(O)c4ccccc4)nn3)N1)OCC(F)(F)c1cc(Cl)sc12. The van der Waals surface area contributed by atoms with Crippen molar-refractivity contribution in [1.82, 2.24) is 20.3 Å². The third kappa shape index (κ3) is 3.97. The smallest absolute Gasteiger partial charge is 0.297 e. The summed E-state index contributed by atoms with van der Waals surface area (Å²) >= 11 is 7.30. The minimum atomic E-state index is -3.05. The summed E-state index contributed by atoms with van der Waals surface area (Å²) in [6.45, 7) is 1.60. The van der Waals surface area contributed by atoms with Crippen LogP contribution in [0.2, 0.25) is 4.34 Å². The van der Waals surface area contributed by atoms with Crippen molar-refractivity contribution in [3.63, 3.8) is 0 Å². The number of benzene rings is 1. The van der Waals surface area contributed by atoms with E-state index < -0.39 is 24.2 Å². The molecule has 2 aliphatic rings. The van der Waals surface area contributed by atoms with E-state index in [9.17, 15) is 13.9 Å². The molecule has 5 rings (SSSR count). The summed E-state index contributed by atoms with van der Waals surface area (Å²) < 4.78 is 36.8. The van der Waals surface area contributed by atoms with Gasteiger partial charge in [-0.25, -0.2) is 4.68 Å². The molecule has 32 heavy (non-hydrogen) atoms. The van der Waals surface area contributed by atoms with Crippen LogP contribution in [0.4, 0.5) is 8.78 Å². The number of piperidine rings is 1. The van der Waals surface area contributed by atoms with Crippen LogP contribution in [0.3, 0.4) is 0 Å². The van der Waals surface area contributed by atoms with Crippen molar-refractivity contribution in [1.29, 1.82) is 0 Å². The number of halogens is 3. The highest BCUT2D eigenvalue weighted by Gasteiger charge is 2.53. The largest absolute Gasteiger partial charge is 0.386 e. The first-order chi connectivity index (χ1) is 15.3. The second-order valence-corrected chi connectivity index (χ2v) is 10.3. The Morgan fingerprint density at radius 3 is 2.91 bits per heavy atom. The predicted molar refractivity (Wildman–Crippen MR) is 117 cm³/mol. The van der Waals surface area contributed by atoms with Gasteiger partial charge in [0.05, 0.1) is 34.9 Å². The van der Waals surface area contributed by atoms with E-state index in [1.165, 1.54) is 17.4 Å². The van der Waals surface area contributed by atoms with Crippen LogP contribution in [-0.4, -0.2) is 32.7 Å². The van der Waals surface area contributed by atoms with Crippen LogP contribution >= 0.6 is 22.9 Å². The minimum absolute atomic E-state index is 0.00857. The third-order valence-corrected chi connectivity index (χ3v) is 7.60. The van der Waals surface area contributed by atoms with E-state index in [0.29, 0.717) is 27.7 Å². The van der Waals surface area contributed by atoms with E-state index in [2.05, 4.69) is 15.6 Å². The van der Waals surface area contributed by atoms with E-state index in [4.69, 9.17) is 16.3 Å². The fourth-order valence-corrected chi connectivity index (χ4v) is 6.17. The lowest BCUT2D eigenvalue weighted by molar-refractivity contribution is -0.183. The van der Waals surface area contributed by atoms with Gasteiger partial charge in [-0.3, -0.25) is 0 Å². The lowest BCUT2D eigenvalue weighted by atomic mass is 9.78. The topological polar surface area (TPSA) is 72.2 Å². The maximum Gasteiger partial charge on any atom is 0.297 e. The summed E-state index contributed by atoms with van der Waals surface area (Å²) in [7, 11) is 0. The normalized spacial score (nSPS) is 27.9. The Hall–Kier alpha value is -1.91. The van der Waals surface area contributed by atoms with Crippen molar-refractivity contribution in [2.24, 2.45) is 0 Å². The van der Waals surface area contributed by atoms with Crippen LogP contribution in [-0.2, 0) is 22.8 Å². The van der Waals surface area contributed by atoms with Gasteiger partial charge in [0.1, 0.15) is 12.2 Å². The first-order valence-corrected chi connectivity index (χ1v) is 11.7. The summed E-state index contributed by atoms with van der Waals surface area (Å²) in [5, 5.41) is 22.5. The molecule has 1 aromatic carbocycles. The van der Waals surface area contributed by atoms with Crippen molar-refractivity contribution in [3.05, 3.63) is 68.6 Å². The van der Waals surface area contributed by atoms with Gasteiger partial charge in [0.2, 0.25) is 0 Å². The number of fused-ring (bicyclic) bond motifs is 2. The predicted octanol–water partition coefficient (Wildman–Crippen LogP) is 4.56. The zero-order chi connectivity index (χ0) is 22.5. The summed E-state index contributed by atoms with van der Waals surface area (Å²) in [6, 6.07) is 10.5. The van der Waals surface area contributed by atoms with Crippen LogP contribution in [0.15, 0.2) is 42.6 Å². The molecule has 4 heterocycles. The van der Waals surface area contributed by atoms with Gasteiger partial charge in [-0.1, -0.05) is 47.1 Å². The Bertz CT molecular complexity index is 1110. The average Bonchev–Trinajstić information content (AvgIpc) is 3.39. The summed E-state index contributed by atoms with van der Waals surface area (Å²) in [5.74, 6) is -3.05. The number of alkyl halides is 2. The molecule has 3 aromatic rings. The van der Waals surface area contributed by atoms with E-state index in [0.717, 1.165) is 5.56 Å². The maximum atomic E-state index is 14.5. The molecular formula is C22H23ClF2N4O2S. The fourth-order valence-electron chi connectivity index (χ4n) is 4.73. The van der Waals surface area contributed by atoms with Crippen LogP contribution in [0, 0.1) is 0 Å². The van der Waals surface area contributed by atoms with Gasteiger partial charge < -0.3 is 15.2 Å². The zero-order valence-electron chi connectivity index (χ0n) is 17.3. The standard InChI is InChI=1S/C22H23ClF2N4O2S/c1-13-8-21(20-15(7-19(23)32-20)22(24,25)12-31-21)9-16(26-13)17-10-29(28-27-17)11-18(30)14-5-3-2-4-6-14/h2-7,10,13,16,18,26,30H,8-9,11-12H2,1H3/t13-,16-,18?,21-/m0/s1. The Balaban J connectivity index is 1.39. The molecule has 4 atom stereocenters. The number of aliphatic hydroxyl groups excluding tert-OH is 1. The Morgan fingerprint density at radius 2 is 2.12 bits per heavy atom. The van der Waals surface area contributed by atoms with Crippen molar-refractivity contribution in [2.75, 3.05) is 6.61 Å². The van der Waals surface area contributed by atoms with Gasteiger partial charge in [-0.2, -0.15) is 8.78 Å². The number of aromatic nitrogens is 3. The molecule has 10 heteroatoms. The number of aliphatic hydroxyl groups is 1. The molecule has 0 radical (unpaired) electrons. The van der Waals surface area contributed by atoms with Crippen molar-refractivity contribution < 1.29 is 18.6 Å². The van der Waals surface area contributed by atoms with Crippen LogP contribution in [0.5, 0.6) is 0 Å². The minimum Gasteiger partial charge on any atom is -0.386 e. The number of rotatable bonds is 4. The molecule has 2 aliphatic heterocycles. The van der Waals surface area contributed by atoms with Crippen LogP contribution < -0.4 is 5.32 Å². The van der Waals surface area contributed by atoms with E-state index in [-0.39, 0.29) is 24.2 Å². The fraction of sp³-hybridized carbons (Fsp3) is 0.455. The molecule has 1 unspecified atom stereocenters. The first kappa shape index (κ1) is 21.9. The molecule has 1 fully saturated rings. The van der Waals surface area contributed by atoms with Crippen LogP contribution in [0.1, 0.15) is 53.6 Å². The molecular weight excluding hydrogens is 458 g/mol. The van der Waals surface area contributed by atoms with Gasteiger partial charge in [0.25, 0.3) is 5.92 Å². The maximum absolute atomic E-state index is 14.5. The van der Waals surface area contributed by atoms with Gasteiger partial charge in [-0.05, 0) is 25.0 Å². The summed E-state index contributed by atoms with van der Waals surface area (Å²) in [4.78, 5) is 0.504. The Labute approximate surface area is 193 Å². The zero-order valence-corrected chi connectivity index (χ0v) is 18.9. The lowest BCUT2D eigenvalue weighted by Gasteiger charge is -2.47. The first-order valence-electron chi connectivity index (χ1n) is 10.5. The number of hydrogen-bond donors (Lipinski definition) is 2. The summed E-state index contributed by atoms with van der Waals surface area (Å²) in [6.07, 6.45) is 2.08. The number of ether oxygens (including phenoxy) is 1. The van der Waals surface area contributed by atoms with E-state index in [1.807, 2.05) is 37.3 Å². The Morgan fingerprint density at radius 1 is 1.34 bits per heavy atom. The molecule has 2 aromatic heterocycles. The number of nitrogens with one attached hydrogen (secondary N) is 1. The molecule has 0 saturated carbocycles. The molecule has 0 aliphatic carbocycles. The average molecular weight is 481 g/mol. The lowest BCUT2D eigenvalue weighted by Crippen LogP contribution is -2.51. The molecule has 1 spiro atoms. The molecule has 6 nitrogen and oxygen atoms in total. The Kier molecular flexibility index (Phi) is 5.58. The quantitative estimate of drug-likeness (QED) is 0.573. The molecule has 0 bridgehead atoms. The van der Waals surface area contributed by atoms with Crippen molar-refractivity contribution >= 4 is 22.9 Å². The van der Waals surface area contributed by atoms with Crippen molar-refractivity contribution in [3.8, 4) is 0 Å². The number of nitrogens with zero attached hydrogens (tertiary/aromatic N) is 3. The van der Waals surface area contributed by atoms with Gasteiger partial charge >= 0.3 is 0 Å². The molecule has 2 N–H and O–H groups in total. The van der Waals surface area contributed by atoms with Gasteiger partial charge in [-0.15, -0.1) is 16.4 Å².